The van der Waals surface area contributed by atoms with Crippen LogP contribution in [-0.2, 0) is 32.8 Å². The topological polar surface area (TPSA) is 64.6 Å². The lowest BCUT2D eigenvalue weighted by molar-refractivity contribution is -0.203. The second-order valence-corrected chi connectivity index (χ2v) is 21.1. The van der Waals surface area contributed by atoms with Gasteiger partial charge in [0.15, 0.2) is 18.9 Å². The maximum absolute atomic E-state index is 6.82. The van der Waals surface area contributed by atoms with Crippen LogP contribution in [0.25, 0.3) is 0 Å². The largest absolute Gasteiger partial charge is 0.547 e. The van der Waals surface area contributed by atoms with E-state index in [2.05, 4.69) is 71.7 Å². The van der Waals surface area contributed by atoms with Crippen LogP contribution in [0.2, 0.25) is 18.1 Å². The molecule has 3 heterocycles. The van der Waals surface area contributed by atoms with Gasteiger partial charge in [0.2, 0.25) is 8.32 Å². The van der Waals surface area contributed by atoms with E-state index in [4.69, 9.17) is 32.8 Å². The van der Waals surface area contributed by atoms with E-state index in [1.165, 1.54) is 19.3 Å². The SMILES string of the molecule is C=C(CCC=CC[C@@H]1[C@@H](C=CC(CCCCC)O[C@H]2CCCCO2)[C@H](OC2CCCCO2)C[C@@H]1OC1CCCCO1)O[Si](C)(C)C(C)(C)C. The first kappa shape index (κ1) is 40.8. The van der Waals surface area contributed by atoms with Gasteiger partial charge in [-0.05, 0) is 101 Å². The second kappa shape index (κ2) is 20.9. The van der Waals surface area contributed by atoms with E-state index in [9.17, 15) is 0 Å². The molecular weight excluding hydrogens is 633 g/mol. The zero-order chi connectivity index (χ0) is 35.1. The molecule has 4 aliphatic rings. The normalized spacial score (nSPS) is 31.0. The molecule has 8 atom stereocenters. The fourth-order valence-corrected chi connectivity index (χ4v) is 8.37. The van der Waals surface area contributed by atoms with Gasteiger partial charge in [0, 0.05) is 38.6 Å². The molecule has 0 amide bonds. The Labute approximate surface area is 301 Å². The summed E-state index contributed by atoms with van der Waals surface area (Å²) in [6.45, 7) is 20.3. The maximum Gasteiger partial charge on any atom is 0.250 e. The number of hydrogen-bond donors (Lipinski definition) is 0. The van der Waals surface area contributed by atoms with Crippen LogP contribution in [0.3, 0.4) is 0 Å². The van der Waals surface area contributed by atoms with Gasteiger partial charge < -0.3 is 32.8 Å². The standard InChI is InChI=1S/C41H72O7Si/c1-8-9-11-21-33(45-38-23-14-17-28-42-38)26-27-35-34(22-13-10-12-20-32(2)48-49(6,7)41(3,4)5)36(46-39-24-15-18-29-43-39)31-37(35)47-40-25-16-19-30-44-40/h10,13,26-27,33-40H,2,8-9,11-12,14-25,28-31H2,1,3-7H3/t33?,34-,35-,36+,37-,38+,39?,40?/m1/s1. The lowest BCUT2D eigenvalue weighted by Crippen LogP contribution is -2.40. The van der Waals surface area contributed by atoms with E-state index in [0.717, 1.165) is 115 Å². The summed E-state index contributed by atoms with van der Waals surface area (Å²) in [7, 11) is -1.87. The summed E-state index contributed by atoms with van der Waals surface area (Å²) in [6, 6.07) is 0. The zero-order valence-corrected chi connectivity index (χ0v) is 33.1. The first-order valence-corrected chi connectivity index (χ1v) is 23.0. The predicted molar refractivity (Wildman–Crippen MR) is 201 cm³/mol. The van der Waals surface area contributed by atoms with Crippen molar-refractivity contribution in [3.8, 4) is 0 Å². The highest BCUT2D eigenvalue weighted by Crippen LogP contribution is 2.43. The van der Waals surface area contributed by atoms with Crippen molar-refractivity contribution in [3.05, 3.63) is 36.6 Å². The van der Waals surface area contributed by atoms with Crippen LogP contribution in [0.4, 0.5) is 0 Å². The van der Waals surface area contributed by atoms with Gasteiger partial charge in [-0.3, -0.25) is 0 Å². The Kier molecular flexibility index (Phi) is 17.4. The maximum atomic E-state index is 6.82. The highest BCUT2D eigenvalue weighted by molar-refractivity contribution is 6.74. The van der Waals surface area contributed by atoms with E-state index in [1.807, 2.05) is 0 Å². The van der Waals surface area contributed by atoms with Gasteiger partial charge >= 0.3 is 0 Å². The summed E-state index contributed by atoms with van der Waals surface area (Å²) in [5, 5.41) is 0.165. The Hall–Kier alpha value is -1.00. The molecule has 8 heteroatoms. The number of hydrogen-bond acceptors (Lipinski definition) is 7. The van der Waals surface area contributed by atoms with Gasteiger partial charge in [-0.2, -0.15) is 0 Å². The lowest BCUT2D eigenvalue weighted by Gasteiger charge is -2.37. The molecule has 0 aromatic rings. The quantitative estimate of drug-likeness (QED) is 0.0574. The van der Waals surface area contributed by atoms with Gasteiger partial charge in [-0.1, -0.05) is 77.8 Å². The highest BCUT2D eigenvalue weighted by atomic mass is 28.4. The Balaban J connectivity index is 1.49. The van der Waals surface area contributed by atoms with Crippen LogP contribution >= 0.6 is 0 Å². The van der Waals surface area contributed by atoms with Gasteiger partial charge in [0.05, 0.1) is 24.1 Å². The van der Waals surface area contributed by atoms with E-state index >= 15 is 0 Å². The Bertz CT molecular complexity index is 988. The van der Waals surface area contributed by atoms with Gasteiger partial charge in [0.1, 0.15) is 0 Å². The molecule has 0 radical (unpaired) electrons. The average Bonchev–Trinajstić information content (AvgIpc) is 3.38. The smallest absolute Gasteiger partial charge is 0.250 e. The van der Waals surface area contributed by atoms with E-state index < -0.39 is 8.32 Å². The van der Waals surface area contributed by atoms with Crippen molar-refractivity contribution in [2.24, 2.45) is 11.8 Å². The fourth-order valence-electron chi connectivity index (χ4n) is 7.24. The third-order valence-corrected chi connectivity index (χ3v) is 15.7. The molecule has 0 aromatic heterocycles. The van der Waals surface area contributed by atoms with Crippen LogP contribution in [0, 0.1) is 11.8 Å². The van der Waals surface area contributed by atoms with Crippen molar-refractivity contribution in [3.63, 3.8) is 0 Å². The molecule has 0 N–H and O–H groups in total. The van der Waals surface area contributed by atoms with Crippen molar-refractivity contribution >= 4 is 8.32 Å². The Morgan fingerprint density at radius 2 is 1.45 bits per heavy atom. The number of rotatable bonds is 19. The molecule has 7 nitrogen and oxygen atoms in total. The monoisotopic (exact) mass is 705 g/mol. The van der Waals surface area contributed by atoms with Crippen molar-refractivity contribution in [2.45, 2.75) is 192 Å². The van der Waals surface area contributed by atoms with Gasteiger partial charge in [0.25, 0.3) is 0 Å². The summed E-state index contributed by atoms with van der Waals surface area (Å²) in [5.41, 5.74) is 0. The second-order valence-electron chi connectivity index (χ2n) is 16.4. The fraction of sp³-hybridized carbons (Fsp3) is 0.854. The molecule has 0 bridgehead atoms. The third-order valence-electron chi connectivity index (χ3n) is 11.3. The Morgan fingerprint density at radius 3 is 2.02 bits per heavy atom. The molecule has 3 aliphatic heterocycles. The minimum Gasteiger partial charge on any atom is -0.547 e. The van der Waals surface area contributed by atoms with Crippen LogP contribution in [0.1, 0.15) is 137 Å². The first-order valence-electron chi connectivity index (χ1n) is 20.1. The van der Waals surface area contributed by atoms with Crippen LogP contribution in [0.5, 0.6) is 0 Å². The highest BCUT2D eigenvalue weighted by Gasteiger charge is 2.45. The summed E-state index contributed by atoms with van der Waals surface area (Å²) < 4.78 is 44.9. The molecule has 1 saturated carbocycles. The summed E-state index contributed by atoms with van der Waals surface area (Å²) in [4.78, 5) is 0. The Morgan fingerprint density at radius 1 is 0.837 bits per heavy atom. The van der Waals surface area contributed by atoms with Crippen molar-refractivity contribution in [2.75, 3.05) is 19.8 Å². The molecule has 4 rings (SSSR count). The van der Waals surface area contributed by atoms with Crippen LogP contribution in [0.15, 0.2) is 36.6 Å². The minimum atomic E-state index is -1.87. The molecule has 3 saturated heterocycles. The van der Waals surface area contributed by atoms with Crippen LogP contribution < -0.4 is 0 Å². The molecule has 1 aliphatic carbocycles. The van der Waals surface area contributed by atoms with Crippen molar-refractivity contribution in [1.29, 1.82) is 0 Å². The third kappa shape index (κ3) is 13.8. The molecule has 49 heavy (non-hydrogen) atoms. The summed E-state index contributed by atoms with van der Waals surface area (Å²) >= 11 is 0. The van der Waals surface area contributed by atoms with Gasteiger partial charge in [-0.25, -0.2) is 0 Å². The average molecular weight is 705 g/mol. The number of ether oxygens (including phenoxy) is 6. The van der Waals surface area contributed by atoms with Crippen molar-refractivity contribution in [1.82, 2.24) is 0 Å². The minimum absolute atomic E-state index is 0.0197. The van der Waals surface area contributed by atoms with E-state index in [1.54, 1.807) is 0 Å². The molecule has 3 unspecified atom stereocenters. The predicted octanol–water partition coefficient (Wildman–Crippen LogP) is 10.8. The first-order chi connectivity index (χ1) is 23.6. The lowest BCUT2D eigenvalue weighted by atomic mass is 9.89. The molecular formula is C41H72O7Si. The molecule has 282 valence electrons. The zero-order valence-electron chi connectivity index (χ0n) is 32.1. The van der Waals surface area contributed by atoms with Gasteiger partial charge in [-0.15, -0.1) is 0 Å². The molecule has 0 spiro atoms. The number of unbranched alkanes of at least 4 members (excludes halogenated alkanes) is 2. The summed E-state index contributed by atoms with van der Waals surface area (Å²) in [6.07, 6.45) is 26.9. The molecule has 4 fully saturated rings. The molecule has 0 aromatic carbocycles. The summed E-state index contributed by atoms with van der Waals surface area (Å²) in [5.74, 6) is 1.36. The van der Waals surface area contributed by atoms with E-state index in [0.29, 0.717) is 0 Å². The number of allylic oxidation sites excluding steroid dienone is 3. The van der Waals surface area contributed by atoms with E-state index in [-0.39, 0.29) is 54.1 Å². The van der Waals surface area contributed by atoms with Crippen molar-refractivity contribution < 1.29 is 32.8 Å². The van der Waals surface area contributed by atoms with Crippen LogP contribution in [-0.4, -0.2) is 65.3 Å².